The minimum absolute atomic E-state index is 0.398. The Hall–Kier alpha value is -1.67. The lowest BCUT2D eigenvalue weighted by Gasteiger charge is -2.26. The first-order chi connectivity index (χ1) is 10.1. The lowest BCUT2D eigenvalue weighted by Crippen LogP contribution is -2.37. The Balaban J connectivity index is 2.17. The molecule has 8 nitrogen and oxygen atoms in total. The number of nitrogens with one attached hydrogen (secondary N) is 1. The highest BCUT2D eigenvalue weighted by atomic mass is 15.4. The molecule has 3 N–H and O–H groups in total. The molecule has 0 spiro atoms. The van der Waals surface area contributed by atoms with Gasteiger partial charge in [0.05, 0.1) is 0 Å². The van der Waals surface area contributed by atoms with Crippen LogP contribution in [0.15, 0.2) is 0 Å². The summed E-state index contributed by atoms with van der Waals surface area (Å²) in [6.07, 6.45) is 1.13. The molecule has 8 heteroatoms. The number of nitrogens with zero attached hydrogens (tertiary/aromatic N) is 6. The smallest absolute Gasteiger partial charge is 0.243 e. The van der Waals surface area contributed by atoms with Crippen molar-refractivity contribution in [1.82, 2.24) is 19.9 Å². The molecule has 1 aliphatic heterocycles. The summed E-state index contributed by atoms with van der Waals surface area (Å²) in [5.41, 5.74) is 2.52. The van der Waals surface area contributed by atoms with Gasteiger partial charge in [-0.2, -0.15) is 15.0 Å². The minimum Gasteiger partial charge on any atom is -0.347 e. The third kappa shape index (κ3) is 3.51. The van der Waals surface area contributed by atoms with E-state index in [2.05, 4.69) is 44.0 Å². The number of rotatable bonds is 6. The van der Waals surface area contributed by atoms with Crippen LogP contribution in [0.4, 0.5) is 17.8 Å². The minimum atomic E-state index is 0.398. The molecule has 0 amide bonds. The van der Waals surface area contributed by atoms with Crippen LogP contribution >= 0.6 is 0 Å². The molecule has 1 unspecified atom stereocenters. The highest BCUT2D eigenvalue weighted by molar-refractivity contribution is 5.44. The van der Waals surface area contributed by atoms with Crippen molar-refractivity contribution in [2.45, 2.75) is 26.3 Å². The molecule has 2 rings (SSSR count). The van der Waals surface area contributed by atoms with Crippen LogP contribution in [0.1, 0.15) is 20.3 Å². The fourth-order valence-corrected chi connectivity index (χ4v) is 2.72. The monoisotopic (exact) mass is 294 g/mol. The zero-order valence-electron chi connectivity index (χ0n) is 13.4. The fraction of sp³-hybridized carbons (Fsp3) is 0.769. The summed E-state index contributed by atoms with van der Waals surface area (Å²) >= 11 is 0. The number of hydrogen-bond acceptors (Lipinski definition) is 8. The summed E-state index contributed by atoms with van der Waals surface area (Å²) in [6.45, 7) is 8.46. The predicted molar refractivity (Wildman–Crippen MR) is 85.5 cm³/mol. The van der Waals surface area contributed by atoms with Gasteiger partial charge < -0.3 is 9.80 Å². The van der Waals surface area contributed by atoms with E-state index in [0.717, 1.165) is 32.6 Å². The molecular weight excluding hydrogens is 268 g/mol. The molecule has 0 saturated carbocycles. The van der Waals surface area contributed by atoms with E-state index in [0.29, 0.717) is 23.9 Å². The number of hydrazine groups is 1. The Labute approximate surface area is 126 Å². The number of hydrogen-bond donors (Lipinski definition) is 2. The molecule has 1 aliphatic rings. The Bertz CT molecular complexity index is 459. The third-order valence-corrected chi connectivity index (χ3v) is 3.92. The standard InChI is InChI=1S/C13H26N8/c1-5-20(6-2)10-7-8-21(9-10)13-16-11(18-14)15-12(17-13)19(3)4/h10H,5-9,14H2,1-4H3,(H,15,16,17,18). The van der Waals surface area contributed by atoms with Gasteiger partial charge >= 0.3 is 0 Å². The quantitative estimate of drug-likeness (QED) is 0.566. The molecule has 1 aromatic heterocycles. The Kier molecular flexibility index (Phi) is 5.13. The molecule has 0 bridgehead atoms. The summed E-state index contributed by atoms with van der Waals surface area (Å²) in [5, 5.41) is 0. The van der Waals surface area contributed by atoms with Crippen LogP contribution < -0.4 is 21.1 Å². The normalized spacial score (nSPS) is 18.4. The van der Waals surface area contributed by atoms with Gasteiger partial charge in [-0.3, -0.25) is 10.3 Å². The molecule has 1 saturated heterocycles. The lowest BCUT2D eigenvalue weighted by atomic mass is 10.2. The van der Waals surface area contributed by atoms with Crippen molar-refractivity contribution in [3.8, 4) is 0 Å². The summed E-state index contributed by atoms with van der Waals surface area (Å²) in [5.74, 6) is 7.16. The largest absolute Gasteiger partial charge is 0.347 e. The maximum Gasteiger partial charge on any atom is 0.243 e. The topological polar surface area (TPSA) is 86.4 Å². The number of nitrogen functional groups attached to an aromatic ring is 1. The summed E-state index contributed by atoms with van der Waals surface area (Å²) in [7, 11) is 3.81. The van der Waals surface area contributed by atoms with Crippen molar-refractivity contribution in [2.75, 3.05) is 55.5 Å². The average Bonchev–Trinajstić information content (AvgIpc) is 2.97. The number of nitrogens with two attached hydrogens (primary N) is 1. The van der Waals surface area contributed by atoms with Gasteiger partial charge in [-0.1, -0.05) is 13.8 Å². The average molecular weight is 294 g/mol. The van der Waals surface area contributed by atoms with Gasteiger partial charge in [0.15, 0.2) is 0 Å². The first-order valence-corrected chi connectivity index (χ1v) is 7.48. The first-order valence-electron chi connectivity index (χ1n) is 7.48. The van der Waals surface area contributed by atoms with E-state index in [-0.39, 0.29) is 0 Å². The van der Waals surface area contributed by atoms with Crippen molar-refractivity contribution in [3.05, 3.63) is 0 Å². The van der Waals surface area contributed by atoms with Crippen LogP contribution in [0.25, 0.3) is 0 Å². The van der Waals surface area contributed by atoms with E-state index in [1.165, 1.54) is 0 Å². The number of aromatic nitrogens is 3. The molecule has 2 heterocycles. The lowest BCUT2D eigenvalue weighted by molar-refractivity contribution is 0.232. The maximum absolute atomic E-state index is 5.46. The third-order valence-electron chi connectivity index (χ3n) is 3.92. The van der Waals surface area contributed by atoms with Crippen LogP contribution in [-0.2, 0) is 0 Å². The van der Waals surface area contributed by atoms with Gasteiger partial charge in [-0.25, -0.2) is 5.84 Å². The van der Waals surface area contributed by atoms with Crippen molar-refractivity contribution < 1.29 is 0 Å². The molecular formula is C13H26N8. The SMILES string of the molecule is CCN(CC)C1CCN(c2nc(NN)nc(N(C)C)n2)C1. The van der Waals surface area contributed by atoms with Crippen LogP contribution in [0.3, 0.4) is 0 Å². The highest BCUT2D eigenvalue weighted by Crippen LogP contribution is 2.22. The summed E-state index contributed by atoms with van der Waals surface area (Å²) in [6, 6.07) is 0.564. The number of anilines is 3. The van der Waals surface area contributed by atoms with E-state index >= 15 is 0 Å². The molecule has 118 valence electrons. The number of likely N-dealkylation sites (N-methyl/N-ethyl adjacent to an activating group) is 1. The second kappa shape index (κ2) is 6.86. The van der Waals surface area contributed by atoms with Crippen LogP contribution in [-0.4, -0.2) is 66.2 Å². The van der Waals surface area contributed by atoms with Gasteiger partial charge in [0.2, 0.25) is 17.8 Å². The fourth-order valence-electron chi connectivity index (χ4n) is 2.72. The highest BCUT2D eigenvalue weighted by Gasteiger charge is 2.28. The first kappa shape index (κ1) is 15.7. The van der Waals surface area contributed by atoms with Gasteiger partial charge in [0.25, 0.3) is 0 Å². The molecule has 1 fully saturated rings. The second-order valence-corrected chi connectivity index (χ2v) is 5.41. The van der Waals surface area contributed by atoms with E-state index in [1.807, 2.05) is 19.0 Å². The van der Waals surface area contributed by atoms with Gasteiger partial charge in [-0.05, 0) is 19.5 Å². The predicted octanol–water partition coefficient (Wildman–Crippen LogP) is 0.144. The van der Waals surface area contributed by atoms with Crippen molar-refractivity contribution in [2.24, 2.45) is 5.84 Å². The maximum atomic E-state index is 5.46. The Morgan fingerprint density at radius 2 is 1.95 bits per heavy atom. The second-order valence-electron chi connectivity index (χ2n) is 5.41. The van der Waals surface area contributed by atoms with E-state index in [9.17, 15) is 0 Å². The molecule has 1 aromatic rings. The Morgan fingerprint density at radius 1 is 1.24 bits per heavy atom. The van der Waals surface area contributed by atoms with Crippen molar-refractivity contribution in [3.63, 3.8) is 0 Å². The van der Waals surface area contributed by atoms with Crippen LogP contribution in [0, 0.1) is 0 Å². The summed E-state index contributed by atoms with van der Waals surface area (Å²) < 4.78 is 0. The van der Waals surface area contributed by atoms with Crippen LogP contribution in [0.5, 0.6) is 0 Å². The van der Waals surface area contributed by atoms with E-state index in [4.69, 9.17) is 5.84 Å². The summed E-state index contributed by atoms with van der Waals surface area (Å²) in [4.78, 5) is 19.7. The van der Waals surface area contributed by atoms with Gasteiger partial charge in [0, 0.05) is 33.2 Å². The van der Waals surface area contributed by atoms with Crippen molar-refractivity contribution >= 4 is 17.8 Å². The molecule has 21 heavy (non-hydrogen) atoms. The molecule has 0 aliphatic carbocycles. The molecule has 0 radical (unpaired) electrons. The molecule has 0 aromatic carbocycles. The van der Waals surface area contributed by atoms with E-state index in [1.54, 1.807) is 0 Å². The molecule has 1 atom stereocenters. The van der Waals surface area contributed by atoms with Crippen LogP contribution in [0.2, 0.25) is 0 Å². The van der Waals surface area contributed by atoms with E-state index < -0.39 is 0 Å². The Morgan fingerprint density at radius 3 is 2.52 bits per heavy atom. The van der Waals surface area contributed by atoms with Crippen molar-refractivity contribution in [1.29, 1.82) is 0 Å². The van der Waals surface area contributed by atoms with Gasteiger partial charge in [-0.15, -0.1) is 0 Å². The zero-order valence-corrected chi connectivity index (χ0v) is 13.4. The zero-order chi connectivity index (χ0) is 15.4. The van der Waals surface area contributed by atoms with Gasteiger partial charge in [0.1, 0.15) is 0 Å².